The number of fused-ring (bicyclic) bond motifs is 1. The molecule has 0 saturated carbocycles. The third-order valence-corrected chi connectivity index (χ3v) is 4.69. The third kappa shape index (κ3) is 2.78. The van der Waals surface area contributed by atoms with Crippen molar-refractivity contribution in [2.24, 2.45) is 0 Å². The van der Waals surface area contributed by atoms with E-state index < -0.39 is 0 Å². The van der Waals surface area contributed by atoms with Crippen molar-refractivity contribution < 1.29 is 4.74 Å². The fraction of sp³-hybridized carbons (Fsp3) is 0.400. The van der Waals surface area contributed by atoms with Crippen LogP contribution in [0.3, 0.4) is 0 Å². The Balaban J connectivity index is 1.92. The summed E-state index contributed by atoms with van der Waals surface area (Å²) in [4.78, 5) is 4.50. The molecule has 0 bridgehead atoms. The van der Waals surface area contributed by atoms with Gasteiger partial charge in [0.1, 0.15) is 11.6 Å². The van der Waals surface area contributed by atoms with Crippen LogP contribution in [0.5, 0.6) is 5.75 Å². The molecule has 1 aromatic carbocycles. The Morgan fingerprint density at radius 1 is 1.37 bits per heavy atom. The Labute approximate surface area is 117 Å². The van der Waals surface area contributed by atoms with Gasteiger partial charge in [0, 0.05) is 23.4 Å². The Morgan fingerprint density at radius 3 is 3.11 bits per heavy atom. The second-order valence-corrected chi connectivity index (χ2v) is 5.95. The highest BCUT2D eigenvalue weighted by molar-refractivity contribution is 7.99. The van der Waals surface area contributed by atoms with E-state index in [9.17, 15) is 0 Å². The van der Waals surface area contributed by atoms with Crippen LogP contribution in [0.25, 0.3) is 10.8 Å². The summed E-state index contributed by atoms with van der Waals surface area (Å²) in [6.45, 7) is 0. The van der Waals surface area contributed by atoms with Crippen molar-refractivity contribution in [2.75, 3.05) is 23.9 Å². The first-order valence-electron chi connectivity index (χ1n) is 6.64. The standard InChI is InChI=1S/C15H18N2OS/c1-18-13-5-4-11-6-7-16-15(14(11)9-13)17-12-3-2-8-19-10-12/h4-7,9,12H,2-3,8,10H2,1H3,(H,16,17). The van der Waals surface area contributed by atoms with E-state index in [1.54, 1.807) is 7.11 Å². The van der Waals surface area contributed by atoms with E-state index in [0.29, 0.717) is 6.04 Å². The highest BCUT2D eigenvalue weighted by atomic mass is 32.2. The predicted molar refractivity (Wildman–Crippen MR) is 82.3 cm³/mol. The van der Waals surface area contributed by atoms with Crippen molar-refractivity contribution in [3.05, 3.63) is 30.5 Å². The first kappa shape index (κ1) is 12.6. The number of ether oxygens (including phenoxy) is 1. The molecule has 1 aliphatic heterocycles. The molecule has 100 valence electrons. The minimum atomic E-state index is 0.531. The van der Waals surface area contributed by atoms with Gasteiger partial charge in [-0.3, -0.25) is 0 Å². The minimum Gasteiger partial charge on any atom is -0.497 e. The monoisotopic (exact) mass is 274 g/mol. The number of benzene rings is 1. The Hall–Kier alpha value is -1.42. The largest absolute Gasteiger partial charge is 0.497 e. The van der Waals surface area contributed by atoms with Crippen molar-refractivity contribution in [3.8, 4) is 5.75 Å². The molecule has 3 rings (SSSR count). The summed E-state index contributed by atoms with van der Waals surface area (Å²) in [7, 11) is 1.70. The SMILES string of the molecule is COc1ccc2ccnc(NC3CCCSC3)c2c1. The van der Waals surface area contributed by atoms with Crippen molar-refractivity contribution >= 4 is 28.4 Å². The number of hydrogen-bond donors (Lipinski definition) is 1. The number of pyridine rings is 1. The molecule has 1 aliphatic rings. The zero-order valence-electron chi connectivity index (χ0n) is 11.1. The number of rotatable bonds is 3. The Kier molecular flexibility index (Phi) is 3.78. The lowest BCUT2D eigenvalue weighted by Crippen LogP contribution is -2.26. The molecule has 2 aromatic rings. The second kappa shape index (κ2) is 5.70. The number of nitrogens with one attached hydrogen (secondary N) is 1. The zero-order valence-corrected chi connectivity index (χ0v) is 11.9. The molecule has 1 saturated heterocycles. The van der Waals surface area contributed by atoms with Crippen LogP contribution in [-0.4, -0.2) is 29.6 Å². The van der Waals surface area contributed by atoms with E-state index in [-0.39, 0.29) is 0 Å². The minimum absolute atomic E-state index is 0.531. The maximum Gasteiger partial charge on any atom is 0.134 e. The summed E-state index contributed by atoms with van der Waals surface area (Å²) in [6.07, 6.45) is 4.39. The van der Waals surface area contributed by atoms with Gasteiger partial charge in [-0.15, -0.1) is 0 Å². The van der Waals surface area contributed by atoms with Gasteiger partial charge in [-0.05, 0) is 42.2 Å². The van der Waals surface area contributed by atoms with Gasteiger partial charge in [0.2, 0.25) is 0 Å². The molecule has 4 heteroatoms. The van der Waals surface area contributed by atoms with Gasteiger partial charge >= 0.3 is 0 Å². The van der Waals surface area contributed by atoms with Crippen LogP contribution in [0.4, 0.5) is 5.82 Å². The van der Waals surface area contributed by atoms with Gasteiger partial charge in [0.15, 0.2) is 0 Å². The van der Waals surface area contributed by atoms with Gasteiger partial charge in [0.05, 0.1) is 7.11 Å². The van der Waals surface area contributed by atoms with Crippen molar-refractivity contribution in [1.82, 2.24) is 4.98 Å². The number of aromatic nitrogens is 1. The first-order valence-corrected chi connectivity index (χ1v) is 7.79. The highest BCUT2D eigenvalue weighted by Gasteiger charge is 2.15. The lowest BCUT2D eigenvalue weighted by Gasteiger charge is -2.23. The number of thioether (sulfide) groups is 1. The highest BCUT2D eigenvalue weighted by Crippen LogP contribution is 2.28. The van der Waals surface area contributed by atoms with Crippen LogP contribution in [-0.2, 0) is 0 Å². The molecule has 1 fully saturated rings. The van der Waals surface area contributed by atoms with Crippen LogP contribution < -0.4 is 10.1 Å². The normalized spacial score (nSPS) is 19.3. The predicted octanol–water partition coefficient (Wildman–Crippen LogP) is 3.55. The van der Waals surface area contributed by atoms with Gasteiger partial charge < -0.3 is 10.1 Å². The quantitative estimate of drug-likeness (QED) is 0.928. The zero-order chi connectivity index (χ0) is 13.1. The molecule has 1 aromatic heterocycles. The maximum absolute atomic E-state index is 5.31. The van der Waals surface area contributed by atoms with E-state index in [2.05, 4.69) is 22.4 Å². The molecule has 3 nitrogen and oxygen atoms in total. The lowest BCUT2D eigenvalue weighted by molar-refractivity contribution is 0.415. The Morgan fingerprint density at radius 2 is 2.32 bits per heavy atom. The fourth-order valence-corrected chi connectivity index (χ4v) is 3.51. The molecular weight excluding hydrogens is 256 g/mol. The number of anilines is 1. The van der Waals surface area contributed by atoms with Crippen LogP contribution in [0, 0.1) is 0 Å². The average Bonchev–Trinajstić information content (AvgIpc) is 2.48. The molecule has 19 heavy (non-hydrogen) atoms. The molecule has 0 amide bonds. The second-order valence-electron chi connectivity index (χ2n) is 4.81. The summed E-state index contributed by atoms with van der Waals surface area (Å²) in [6, 6.07) is 8.69. The van der Waals surface area contributed by atoms with Gasteiger partial charge in [0.25, 0.3) is 0 Å². The molecule has 0 radical (unpaired) electrons. The smallest absolute Gasteiger partial charge is 0.134 e. The molecule has 1 unspecified atom stereocenters. The summed E-state index contributed by atoms with van der Waals surface area (Å²) >= 11 is 2.02. The average molecular weight is 274 g/mol. The van der Waals surface area contributed by atoms with E-state index in [4.69, 9.17) is 4.74 Å². The molecular formula is C15H18N2OS. The lowest BCUT2D eigenvalue weighted by atomic mass is 10.1. The van der Waals surface area contributed by atoms with Gasteiger partial charge in [-0.25, -0.2) is 4.98 Å². The summed E-state index contributed by atoms with van der Waals surface area (Å²) in [5, 5.41) is 5.92. The fourth-order valence-electron chi connectivity index (χ4n) is 2.44. The van der Waals surface area contributed by atoms with E-state index in [0.717, 1.165) is 17.0 Å². The summed E-state index contributed by atoms with van der Waals surface area (Å²) in [5.74, 6) is 4.31. The topological polar surface area (TPSA) is 34.1 Å². The molecule has 2 heterocycles. The molecule has 0 aliphatic carbocycles. The van der Waals surface area contributed by atoms with E-state index in [1.165, 1.54) is 29.7 Å². The maximum atomic E-state index is 5.31. The Bertz CT molecular complexity index is 567. The number of nitrogens with zero attached hydrogens (tertiary/aromatic N) is 1. The van der Waals surface area contributed by atoms with Gasteiger partial charge in [-0.2, -0.15) is 11.8 Å². The van der Waals surface area contributed by atoms with Crippen molar-refractivity contribution in [3.63, 3.8) is 0 Å². The van der Waals surface area contributed by atoms with E-state index in [1.807, 2.05) is 30.1 Å². The molecule has 0 spiro atoms. The van der Waals surface area contributed by atoms with E-state index >= 15 is 0 Å². The molecule has 1 atom stereocenters. The van der Waals surface area contributed by atoms with Crippen LogP contribution >= 0.6 is 11.8 Å². The van der Waals surface area contributed by atoms with Crippen LogP contribution in [0.1, 0.15) is 12.8 Å². The number of hydrogen-bond acceptors (Lipinski definition) is 4. The summed E-state index contributed by atoms with van der Waals surface area (Å²) < 4.78 is 5.31. The van der Waals surface area contributed by atoms with Crippen molar-refractivity contribution in [1.29, 1.82) is 0 Å². The number of methoxy groups -OCH3 is 1. The first-order chi connectivity index (χ1) is 9.36. The third-order valence-electron chi connectivity index (χ3n) is 3.47. The van der Waals surface area contributed by atoms with Gasteiger partial charge in [-0.1, -0.05) is 6.07 Å². The van der Waals surface area contributed by atoms with Crippen LogP contribution in [0.15, 0.2) is 30.5 Å². The van der Waals surface area contributed by atoms with Crippen molar-refractivity contribution in [2.45, 2.75) is 18.9 Å². The van der Waals surface area contributed by atoms with Crippen LogP contribution in [0.2, 0.25) is 0 Å². The summed E-state index contributed by atoms with van der Waals surface area (Å²) in [5.41, 5.74) is 0. The molecule has 1 N–H and O–H groups in total.